The Hall–Kier alpha value is -2.86. The first-order chi connectivity index (χ1) is 13.2. The van der Waals surface area contributed by atoms with Gasteiger partial charge in [0.1, 0.15) is 5.75 Å². The molecule has 1 aliphatic heterocycles. The van der Waals surface area contributed by atoms with Gasteiger partial charge in [-0.15, -0.1) is 0 Å². The van der Waals surface area contributed by atoms with Crippen molar-refractivity contribution in [3.63, 3.8) is 0 Å². The fourth-order valence-corrected chi connectivity index (χ4v) is 3.41. The van der Waals surface area contributed by atoms with Crippen LogP contribution in [0.3, 0.4) is 0 Å². The van der Waals surface area contributed by atoms with Gasteiger partial charge in [-0.05, 0) is 43.2 Å². The highest BCUT2D eigenvalue weighted by molar-refractivity contribution is 6.31. The van der Waals surface area contributed by atoms with Crippen LogP contribution in [0.4, 0.5) is 11.6 Å². The van der Waals surface area contributed by atoms with Crippen molar-refractivity contribution in [3.8, 4) is 5.75 Å². The van der Waals surface area contributed by atoms with Crippen molar-refractivity contribution in [1.29, 1.82) is 0 Å². The van der Waals surface area contributed by atoms with Crippen molar-refractivity contribution in [2.24, 2.45) is 0 Å². The van der Waals surface area contributed by atoms with E-state index < -0.39 is 0 Å². The maximum Gasteiger partial charge on any atom is 0.260 e. The number of anilines is 2. The summed E-state index contributed by atoms with van der Waals surface area (Å²) < 4.78 is 5.29. The molecule has 1 aliphatic rings. The number of aromatic nitrogens is 2. The van der Waals surface area contributed by atoms with Gasteiger partial charge in [0.05, 0.1) is 23.7 Å². The molecule has 0 spiro atoms. The van der Waals surface area contributed by atoms with Crippen molar-refractivity contribution in [3.05, 3.63) is 53.1 Å². The van der Waals surface area contributed by atoms with Crippen LogP contribution in [-0.2, 0) is 0 Å². The van der Waals surface area contributed by atoms with E-state index in [0.717, 1.165) is 37.0 Å². The smallest absolute Gasteiger partial charge is 0.260 e. The Morgan fingerprint density at radius 3 is 2.52 bits per heavy atom. The minimum atomic E-state index is -0.312. The van der Waals surface area contributed by atoms with Gasteiger partial charge in [-0.1, -0.05) is 23.7 Å². The van der Waals surface area contributed by atoms with Crippen molar-refractivity contribution >= 4 is 40.2 Å². The zero-order valence-electron chi connectivity index (χ0n) is 14.9. The molecule has 6 nitrogen and oxygen atoms in total. The van der Waals surface area contributed by atoms with Crippen molar-refractivity contribution in [2.75, 3.05) is 30.4 Å². The summed E-state index contributed by atoms with van der Waals surface area (Å²) in [7, 11) is 1.51. The van der Waals surface area contributed by atoms with Crippen LogP contribution in [0.25, 0.3) is 11.0 Å². The molecule has 1 fully saturated rings. The molecule has 1 saturated heterocycles. The first-order valence-electron chi connectivity index (χ1n) is 8.82. The van der Waals surface area contributed by atoms with Gasteiger partial charge in [0, 0.05) is 18.1 Å². The average Bonchev–Trinajstić information content (AvgIpc) is 3.21. The highest BCUT2D eigenvalue weighted by atomic mass is 35.5. The summed E-state index contributed by atoms with van der Waals surface area (Å²) in [5.74, 6) is 1.26. The lowest BCUT2D eigenvalue weighted by Gasteiger charge is -2.20. The predicted molar refractivity (Wildman–Crippen MR) is 107 cm³/mol. The number of ether oxygens (including phenoxy) is 1. The summed E-state index contributed by atoms with van der Waals surface area (Å²) in [5, 5.41) is 3.42. The first kappa shape index (κ1) is 17.5. The lowest BCUT2D eigenvalue weighted by Crippen LogP contribution is -2.23. The molecule has 1 amide bonds. The Labute approximate surface area is 162 Å². The highest BCUT2D eigenvalue weighted by Crippen LogP contribution is 2.29. The van der Waals surface area contributed by atoms with E-state index >= 15 is 0 Å². The molecule has 2 heterocycles. The number of rotatable bonds is 4. The molecule has 1 N–H and O–H groups in total. The van der Waals surface area contributed by atoms with Crippen LogP contribution in [0.2, 0.25) is 5.02 Å². The maximum absolute atomic E-state index is 12.9. The third-order valence-corrected chi connectivity index (χ3v) is 4.83. The molecular weight excluding hydrogens is 364 g/mol. The van der Waals surface area contributed by atoms with E-state index in [-0.39, 0.29) is 5.91 Å². The van der Waals surface area contributed by atoms with Crippen LogP contribution in [-0.4, -0.2) is 36.1 Å². The van der Waals surface area contributed by atoms with Crippen molar-refractivity contribution in [2.45, 2.75) is 12.8 Å². The van der Waals surface area contributed by atoms with E-state index in [0.29, 0.717) is 28.0 Å². The van der Waals surface area contributed by atoms with Gasteiger partial charge in [0.25, 0.3) is 5.91 Å². The Morgan fingerprint density at radius 1 is 1.11 bits per heavy atom. The standard InChI is InChI=1S/C20H19ClN4O2/c1-27-17-12-13(21)8-9-14(17)20(26)24-18-19(25-10-4-5-11-25)23-16-7-3-2-6-15(16)22-18/h2-3,6-9,12H,4-5,10-11H2,1H3,(H,22,24,26). The summed E-state index contributed by atoms with van der Waals surface area (Å²) in [6, 6.07) is 12.6. The number of carbonyl (C=O) groups is 1. The molecule has 0 atom stereocenters. The van der Waals surface area contributed by atoms with Gasteiger partial charge in [0.2, 0.25) is 0 Å². The van der Waals surface area contributed by atoms with E-state index in [9.17, 15) is 4.79 Å². The van der Waals surface area contributed by atoms with E-state index in [4.69, 9.17) is 21.3 Å². The Balaban J connectivity index is 1.74. The Morgan fingerprint density at radius 2 is 1.81 bits per heavy atom. The SMILES string of the molecule is COc1cc(Cl)ccc1C(=O)Nc1nc2ccccc2nc1N1CCCC1. The molecule has 7 heteroatoms. The molecule has 0 radical (unpaired) electrons. The number of benzene rings is 2. The molecule has 27 heavy (non-hydrogen) atoms. The van der Waals surface area contributed by atoms with Crippen LogP contribution in [0, 0.1) is 0 Å². The Kier molecular flexibility index (Phi) is 4.81. The van der Waals surface area contributed by atoms with Crippen LogP contribution >= 0.6 is 11.6 Å². The second-order valence-electron chi connectivity index (χ2n) is 6.38. The number of amides is 1. The van der Waals surface area contributed by atoms with Crippen molar-refractivity contribution in [1.82, 2.24) is 9.97 Å². The fraction of sp³-hybridized carbons (Fsp3) is 0.250. The summed E-state index contributed by atoms with van der Waals surface area (Å²) in [4.78, 5) is 24.5. The number of fused-ring (bicyclic) bond motifs is 1. The normalized spacial score (nSPS) is 13.8. The average molecular weight is 383 g/mol. The van der Waals surface area contributed by atoms with E-state index in [1.165, 1.54) is 7.11 Å². The number of para-hydroxylation sites is 2. The predicted octanol–water partition coefficient (Wildman–Crippen LogP) is 4.14. The molecule has 0 unspecified atom stereocenters. The van der Waals surface area contributed by atoms with Gasteiger partial charge < -0.3 is 15.0 Å². The zero-order chi connectivity index (χ0) is 18.8. The van der Waals surface area contributed by atoms with Gasteiger partial charge in [-0.2, -0.15) is 0 Å². The largest absolute Gasteiger partial charge is 0.496 e. The maximum atomic E-state index is 12.9. The van der Waals surface area contributed by atoms with E-state index in [2.05, 4.69) is 15.2 Å². The van der Waals surface area contributed by atoms with Crippen molar-refractivity contribution < 1.29 is 9.53 Å². The number of nitrogens with one attached hydrogen (secondary N) is 1. The van der Waals surface area contributed by atoms with E-state index in [1.54, 1.807) is 18.2 Å². The summed E-state index contributed by atoms with van der Waals surface area (Å²) >= 11 is 6.00. The second kappa shape index (κ2) is 7.40. The minimum Gasteiger partial charge on any atom is -0.496 e. The molecule has 2 aromatic carbocycles. The number of halogens is 1. The van der Waals surface area contributed by atoms with Gasteiger partial charge in [-0.25, -0.2) is 9.97 Å². The molecule has 138 valence electrons. The molecule has 1 aromatic heterocycles. The lowest BCUT2D eigenvalue weighted by molar-refractivity contribution is 0.102. The molecular formula is C20H19ClN4O2. The molecule has 0 aliphatic carbocycles. The van der Waals surface area contributed by atoms with Gasteiger partial charge >= 0.3 is 0 Å². The van der Waals surface area contributed by atoms with Crippen LogP contribution in [0.5, 0.6) is 5.75 Å². The van der Waals surface area contributed by atoms with Gasteiger partial charge in [-0.3, -0.25) is 4.79 Å². The summed E-state index contributed by atoms with van der Waals surface area (Å²) in [5.41, 5.74) is 1.93. The second-order valence-corrected chi connectivity index (χ2v) is 6.81. The fourth-order valence-electron chi connectivity index (χ4n) is 3.25. The first-order valence-corrected chi connectivity index (χ1v) is 9.20. The third kappa shape index (κ3) is 3.53. The number of hydrogen-bond acceptors (Lipinski definition) is 5. The van der Waals surface area contributed by atoms with Crippen LogP contribution < -0.4 is 15.0 Å². The Bertz CT molecular complexity index is 1000. The van der Waals surface area contributed by atoms with Crippen LogP contribution in [0.15, 0.2) is 42.5 Å². The van der Waals surface area contributed by atoms with Crippen LogP contribution in [0.1, 0.15) is 23.2 Å². The lowest BCUT2D eigenvalue weighted by atomic mass is 10.2. The number of hydrogen-bond donors (Lipinski definition) is 1. The van der Waals surface area contributed by atoms with E-state index in [1.807, 2.05) is 24.3 Å². The monoisotopic (exact) mass is 382 g/mol. The summed E-state index contributed by atoms with van der Waals surface area (Å²) in [6.07, 6.45) is 2.21. The summed E-state index contributed by atoms with van der Waals surface area (Å²) in [6.45, 7) is 1.81. The minimum absolute atomic E-state index is 0.312. The third-order valence-electron chi connectivity index (χ3n) is 4.60. The number of carbonyl (C=O) groups excluding carboxylic acids is 1. The van der Waals surface area contributed by atoms with Gasteiger partial charge in [0.15, 0.2) is 11.6 Å². The zero-order valence-corrected chi connectivity index (χ0v) is 15.7. The molecule has 0 saturated carbocycles. The molecule has 0 bridgehead atoms. The topological polar surface area (TPSA) is 67.3 Å². The number of nitrogens with zero attached hydrogens (tertiary/aromatic N) is 3. The molecule has 4 rings (SSSR count). The highest BCUT2D eigenvalue weighted by Gasteiger charge is 2.22. The quantitative estimate of drug-likeness (QED) is 0.734. The number of methoxy groups -OCH3 is 1. The molecule has 3 aromatic rings.